The van der Waals surface area contributed by atoms with Gasteiger partial charge in [-0.3, -0.25) is 0 Å². The molecule has 2 fully saturated rings. The minimum Gasteiger partial charge on any atom is -0.385 e. The molecule has 0 aromatic carbocycles. The van der Waals surface area contributed by atoms with Gasteiger partial charge >= 0.3 is 0 Å². The van der Waals surface area contributed by atoms with Crippen molar-refractivity contribution in [2.24, 2.45) is 0 Å². The Balaban J connectivity index is 1.79. The molecule has 0 aromatic heterocycles. The molecule has 2 unspecified atom stereocenters. The van der Waals surface area contributed by atoms with Crippen LogP contribution in [0, 0.1) is 0 Å². The Morgan fingerprint density at radius 1 is 1.33 bits per heavy atom. The van der Waals surface area contributed by atoms with Crippen molar-refractivity contribution in [2.45, 2.75) is 56.7 Å². The van der Waals surface area contributed by atoms with Crippen molar-refractivity contribution < 1.29 is 14.2 Å². The van der Waals surface area contributed by atoms with Crippen LogP contribution in [0.15, 0.2) is 0 Å². The zero-order valence-electron chi connectivity index (χ0n) is 11.7. The molecule has 2 heterocycles. The maximum atomic E-state index is 6.05. The van der Waals surface area contributed by atoms with E-state index in [2.05, 4.69) is 12.2 Å². The van der Waals surface area contributed by atoms with E-state index in [1.54, 1.807) is 7.11 Å². The highest BCUT2D eigenvalue weighted by Crippen LogP contribution is 2.34. The molecule has 0 aromatic rings. The highest BCUT2D eigenvalue weighted by Gasteiger charge is 2.39. The molecule has 1 N–H and O–H groups in total. The average Bonchev–Trinajstić information content (AvgIpc) is 2.37. The molecule has 2 atom stereocenters. The monoisotopic (exact) mass is 257 g/mol. The first kappa shape index (κ1) is 14.3. The van der Waals surface area contributed by atoms with Crippen molar-refractivity contribution in [3.63, 3.8) is 0 Å². The maximum Gasteiger partial charge on any atom is 0.0741 e. The van der Waals surface area contributed by atoms with Gasteiger partial charge in [-0.25, -0.2) is 0 Å². The van der Waals surface area contributed by atoms with E-state index < -0.39 is 0 Å². The summed E-state index contributed by atoms with van der Waals surface area (Å²) in [6, 6.07) is 1.11. The summed E-state index contributed by atoms with van der Waals surface area (Å²) < 4.78 is 16.6. The SMILES string of the molecule is COCCC(C)NC1CCOC2(CCOCC2)C1. The lowest BCUT2D eigenvalue weighted by molar-refractivity contribution is -0.140. The summed E-state index contributed by atoms with van der Waals surface area (Å²) in [6.45, 7) is 5.66. The van der Waals surface area contributed by atoms with Gasteiger partial charge < -0.3 is 19.5 Å². The van der Waals surface area contributed by atoms with Gasteiger partial charge in [-0.2, -0.15) is 0 Å². The lowest BCUT2D eigenvalue weighted by Crippen LogP contribution is -2.51. The van der Waals surface area contributed by atoms with Gasteiger partial charge in [0.25, 0.3) is 0 Å². The van der Waals surface area contributed by atoms with Crippen LogP contribution in [0.25, 0.3) is 0 Å². The fourth-order valence-corrected chi connectivity index (χ4v) is 3.04. The van der Waals surface area contributed by atoms with Crippen LogP contribution < -0.4 is 5.32 Å². The zero-order chi connectivity index (χ0) is 12.8. The van der Waals surface area contributed by atoms with Crippen LogP contribution in [0.1, 0.15) is 39.0 Å². The normalized spacial score (nSPS) is 29.3. The van der Waals surface area contributed by atoms with Crippen LogP contribution in [0.5, 0.6) is 0 Å². The number of ether oxygens (including phenoxy) is 3. The van der Waals surface area contributed by atoms with Crippen LogP contribution in [0.4, 0.5) is 0 Å². The predicted octanol–water partition coefficient (Wildman–Crippen LogP) is 1.73. The molecule has 0 saturated carbocycles. The second-order valence-electron chi connectivity index (χ2n) is 5.68. The van der Waals surface area contributed by atoms with E-state index in [4.69, 9.17) is 14.2 Å². The van der Waals surface area contributed by atoms with Crippen molar-refractivity contribution in [2.75, 3.05) is 33.5 Å². The summed E-state index contributed by atoms with van der Waals surface area (Å²) in [5, 5.41) is 3.72. The molecule has 2 aliphatic heterocycles. The minimum atomic E-state index is 0.0924. The predicted molar refractivity (Wildman–Crippen MR) is 70.8 cm³/mol. The number of hydrogen-bond donors (Lipinski definition) is 1. The Bertz CT molecular complexity index is 236. The van der Waals surface area contributed by atoms with E-state index in [0.717, 1.165) is 58.5 Å². The molecular formula is C14H27NO3. The third kappa shape index (κ3) is 3.92. The molecule has 4 nitrogen and oxygen atoms in total. The van der Waals surface area contributed by atoms with Crippen molar-refractivity contribution >= 4 is 0 Å². The molecule has 106 valence electrons. The number of rotatable bonds is 5. The minimum absolute atomic E-state index is 0.0924. The highest BCUT2D eigenvalue weighted by atomic mass is 16.5. The quantitative estimate of drug-likeness (QED) is 0.814. The Labute approximate surface area is 110 Å². The first-order chi connectivity index (χ1) is 8.74. The van der Waals surface area contributed by atoms with Gasteiger partial charge in [0.05, 0.1) is 5.60 Å². The zero-order valence-corrected chi connectivity index (χ0v) is 11.7. The summed E-state index contributed by atoms with van der Waals surface area (Å²) in [5.74, 6) is 0. The first-order valence-corrected chi connectivity index (χ1v) is 7.21. The van der Waals surface area contributed by atoms with Gasteiger partial charge in [-0.05, 0) is 39.0 Å². The molecule has 2 aliphatic rings. The first-order valence-electron chi connectivity index (χ1n) is 7.21. The van der Waals surface area contributed by atoms with Gasteiger partial charge in [0.2, 0.25) is 0 Å². The Kier molecular flexibility index (Phi) is 5.42. The molecule has 4 heteroatoms. The number of hydrogen-bond acceptors (Lipinski definition) is 4. The van der Waals surface area contributed by atoms with E-state index in [1.807, 2.05) is 0 Å². The summed E-state index contributed by atoms with van der Waals surface area (Å²) in [6.07, 6.45) is 5.44. The van der Waals surface area contributed by atoms with Crippen molar-refractivity contribution in [1.29, 1.82) is 0 Å². The molecule has 1 spiro atoms. The maximum absolute atomic E-state index is 6.05. The third-order valence-electron chi connectivity index (χ3n) is 4.17. The molecule has 0 bridgehead atoms. The van der Waals surface area contributed by atoms with E-state index in [9.17, 15) is 0 Å². The molecule has 2 saturated heterocycles. The van der Waals surface area contributed by atoms with Crippen LogP contribution in [-0.4, -0.2) is 51.2 Å². The van der Waals surface area contributed by atoms with Crippen LogP contribution >= 0.6 is 0 Å². The third-order valence-corrected chi connectivity index (χ3v) is 4.17. The molecular weight excluding hydrogens is 230 g/mol. The second-order valence-corrected chi connectivity index (χ2v) is 5.68. The molecule has 0 radical (unpaired) electrons. The van der Waals surface area contributed by atoms with Gasteiger partial charge in [0, 0.05) is 45.6 Å². The van der Waals surface area contributed by atoms with Crippen molar-refractivity contribution in [3.05, 3.63) is 0 Å². The van der Waals surface area contributed by atoms with Gasteiger partial charge in [0.1, 0.15) is 0 Å². The van der Waals surface area contributed by atoms with Gasteiger partial charge in [-0.1, -0.05) is 0 Å². The van der Waals surface area contributed by atoms with Gasteiger partial charge in [0.15, 0.2) is 0 Å². The van der Waals surface area contributed by atoms with E-state index in [1.165, 1.54) is 0 Å². The fourth-order valence-electron chi connectivity index (χ4n) is 3.04. The van der Waals surface area contributed by atoms with Crippen LogP contribution in [-0.2, 0) is 14.2 Å². The Morgan fingerprint density at radius 3 is 2.83 bits per heavy atom. The van der Waals surface area contributed by atoms with Crippen LogP contribution in [0.2, 0.25) is 0 Å². The summed E-state index contributed by atoms with van der Waals surface area (Å²) >= 11 is 0. The largest absolute Gasteiger partial charge is 0.385 e. The van der Waals surface area contributed by atoms with Crippen molar-refractivity contribution in [1.82, 2.24) is 5.32 Å². The second kappa shape index (κ2) is 6.85. The fraction of sp³-hybridized carbons (Fsp3) is 1.00. The topological polar surface area (TPSA) is 39.7 Å². The Hall–Kier alpha value is -0.160. The van der Waals surface area contributed by atoms with Crippen LogP contribution in [0.3, 0.4) is 0 Å². The molecule has 2 rings (SSSR count). The smallest absolute Gasteiger partial charge is 0.0741 e. The van der Waals surface area contributed by atoms with Gasteiger partial charge in [-0.15, -0.1) is 0 Å². The number of methoxy groups -OCH3 is 1. The van der Waals surface area contributed by atoms with E-state index >= 15 is 0 Å². The molecule has 18 heavy (non-hydrogen) atoms. The molecule has 0 aliphatic carbocycles. The highest BCUT2D eigenvalue weighted by molar-refractivity contribution is 4.92. The summed E-state index contributed by atoms with van der Waals surface area (Å²) in [4.78, 5) is 0. The van der Waals surface area contributed by atoms with E-state index in [-0.39, 0.29) is 5.60 Å². The molecule has 0 amide bonds. The standard InChI is InChI=1S/C14H27NO3/c1-12(3-7-16-2)15-13-4-8-18-14(11-13)5-9-17-10-6-14/h12-13,15H,3-11H2,1-2H3. The lowest BCUT2D eigenvalue weighted by atomic mass is 9.84. The Morgan fingerprint density at radius 2 is 2.11 bits per heavy atom. The number of nitrogens with one attached hydrogen (secondary N) is 1. The lowest BCUT2D eigenvalue weighted by Gasteiger charge is -2.44. The van der Waals surface area contributed by atoms with Crippen molar-refractivity contribution in [3.8, 4) is 0 Å². The average molecular weight is 257 g/mol. The summed E-state index contributed by atoms with van der Waals surface area (Å²) in [5.41, 5.74) is 0.0924. The van der Waals surface area contributed by atoms with E-state index in [0.29, 0.717) is 12.1 Å². The summed E-state index contributed by atoms with van der Waals surface area (Å²) in [7, 11) is 1.76.